The lowest BCUT2D eigenvalue weighted by Gasteiger charge is -2.29. The highest BCUT2D eigenvalue weighted by Crippen LogP contribution is 2.34. The highest BCUT2D eigenvalue weighted by molar-refractivity contribution is 5.21. The van der Waals surface area contributed by atoms with Gasteiger partial charge in [-0.1, -0.05) is 6.07 Å². The van der Waals surface area contributed by atoms with Crippen molar-refractivity contribution >= 4 is 0 Å². The number of hydrogen-bond donors (Lipinski definition) is 2. The van der Waals surface area contributed by atoms with E-state index < -0.39 is 11.9 Å². The summed E-state index contributed by atoms with van der Waals surface area (Å²) in [5.41, 5.74) is -0.503. The van der Waals surface area contributed by atoms with E-state index in [9.17, 15) is 18.0 Å². The van der Waals surface area contributed by atoms with Gasteiger partial charge in [0.2, 0.25) is 0 Å². The number of hydrogen-bond acceptors (Lipinski definition) is 4. The molecule has 118 valence electrons. The third-order valence-corrected chi connectivity index (χ3v) is 3.83. The van der Waals surface area contributed by atoms with E-state index in [2.05, 4.69) is 15.5 Å². The Kier molecular flexibility index (Phi) is 3.78. The summed E-state index contributed by atoms with van der Waals surface area (Å²) in [6.07, 6.45) is -1.76. The molecule has 3 rings (SSSR count). The molecule has 0 amide bonds. The third kappa shape index (κ3) is 3.06. The van der Waals surface area contributed by atoms with Crippen LogP contribution >= 0.6 is 0 Å². The van der Waals surface area contributed by atoms with E-state index in [-0.39, 0.29) is 17.5 Å². The first-order chi connectivity index (χ1) is 10.4. The van der Waals surface area contributed by atoms with Crippen LogP contribution in [0.1, 0.15) is 41.8 Å². The van der Waals surface area contributed by atoms with Crippen LogP contribution in [0.3, 0.4) is 0 Å². The fourth-order valence-electron chi connectivity index (χ4n) is 2.71. The molecule has 1 aliphatic heterocycles. The molecule has 0 saturated carbocycles. The van der Waals surface area contributed by atoms with E-state index in [1.807, 2.05) is 0 Å². The van der Waals surface area contributed by atoms with Crippen molar-refractivity contribution in [2.45, 2.75) is 31.0 Å². The van der Waals surface area contributed by atoms with Crippen LogP contribution in [0, 0.1) is 0 Å². The summed E-state index contributed by atoms with van der Waals surface area (Å²) in [5, 5.41) is 5.51. The Hall–Kier alpha value is -2.09. The fourth-order valence-corrected chi connectivity index (χ4v) is 2.71. The second-order valence-corrected chi connectivity index (χ2v) is 5.32. The minimum absolute atomic E-state index is 0.0486. The number of nitrogens with one attached hydrogen (secondary N) is 2. The van der Waals surface area contributed by atoms with Crippen LogP contribution in [-0.2, 0) is 6.18 Å². The Bertz CT molecular complexity index is 690. The van der Waals surface area contributed by atoms with Crippen LogP contribution in [0.2, 0.25) is 0 Å². The first-order valence-corrected chi connectivity index (χ1v) is 6.88. The van der Waals surface area contributed by atoms with Gasteiger partial charge in [0.15, 0.2) is 0 Å². The summed E-state index contributed by atoms with van der Waals surface area (Å²) < 4.78 is 42.7. The predicted molar refractivity (Wildman–Crippen MR) is 71.3 cm³/mol. The number of halogens is 3. The molecule has 1 aliphatic rings. The van der Waals surface area contributed by atoms with Gasteiger partial charge in [-0.2, -0.15) is 18.3 Å². The van der Waals surface area contributed by atoms with Gasteiger partial charge in [0.1, 0.15) is 11.5 Å². The number of nitrogens with zero attached hydrogens (tertiary/aromatic N) is 1. The number of aromatic amines is 1. The van der Waals surface area contributed by atoms with Gasteiger partial charge in [-0.05, 0) is 31.0 Å². The van der Waals surface area contributed by atoms with E-state index in [0.717, 1.165) is 12.5 Å². The molecule has 0 aromatic carbocycles. The number of piperidine rings is 1. The SMILES string of the molecule is O=c1cc([C@@H]2CCN[C@@H](c3ccc(C(F)(F)F)nc3)C2)o[nH]1. The lowest BCUT2D eigenvalue weighted by molar-refractivity contribution is -0.141. The van der Waals surface area contributed by atoms with Gasteiger partial charge in [0, 0.05) is 24.2 Å². The molecule has 2 aromatic heterocycles. The molecule has 22 heavy (non-hydrogen) atoms. The van der Waals surface area contributed by atoms with Crippen molar-refractivity contribution in [3.8, 4) is 0 Å². The number of alkyl halides is 3. The maximum absolute atomic E-state index is 12.5. The molecule has 2 N–H and O–H groups in total. The molecule has 1 saturated heterocycles. The average molecular weight is 313 g/mol. The Labute approximate surface area is 123 Å². The Morgan fingerprint density at radius 3 is 2.73 bits per heavy atom. The number of H-pyrrole nitrogens is 1. The topological polar surface area (TPSA) is 70.9 Å². The highest BCUT2D eigenvalue weighted by atomic mass is 19.4. The van der Waals surface area contributed by atoms with Gasteiger partial charge in [0.25, 0.3) is 5.56 Å². The lowest BCUT2D eigenvalue weighted by Crippen LogP contribution is -2.31. The second-order valence-electron chi connectivity index (χ2n) is 5.32. The largest absolute Gasteiger partial charge is 0.433 e. The number of pyridine rings is 1. The van der Waals surface area contributed by atoms with Crippen molar-refractivity contribution in [3.05, 3.63) is 51.8 Å². The Morgan fingerprint density at radius 1 is 1.32 bits per heavy atom. The van der Waals surface area contributed by atoms with Crippen molar-refractivity contribution in [1.82, 2.24) is 15.5 Å². The van der Waals surface area contributed by atoms with Crippen LogP contribution in [0.4, 0.5) is 13.2 Å². The standard InChI is InChI=1S/C14H14F3N3O2/c15-14(16,17)12-2-1-9(7-19-12)10-5-8(3-4-18-10)11-6-13(21)20-22-11/h1-2,6-8,10,18H,3-5H2,(H,20,21)/t8-,10-/m1/s1. The molecule has 5 nitrogen and oxygen atoms in total. The highest BCUT2D eigenvalue weighted by Gasteiger charge is 2.33. The van der Waals surface area contributed by atoms with Crippen molar-refractivity contribution in [2.24, 2.45) is 0 Å². The summed E-state index contributed by atoms with van der Waals surface area (Å²) in [6, 6.07) is 3.71. The Morgan fingerprint density at radius 2 is 2.14 bits per heavy atom. The molecule has 2 atom stereocenters. The zero-order valence-corrected chi connectivity index (χ0v) is 11.5. The molecule has 0 spiro atoms. The van der Waals surface area contributed by atoms with E-state index in [0.29, 0.717) is 24.3 Å². The van der Waals surface area contributed by atoms with E-state index in [1.165, 1.54) is 18.3 Å². The summed E-state index contributed by atoms with van der Waals surface area (Å²) in [7, 11) is 0. The van der Waals surface area contributed by atoms with Crippen molar-refractivity contribution in [1.29, 1.82) is 0 Å². The lowest BCUT2D eigenvalue weighted by atomic mass is 9.87. The quantitative estimate of drug-likeness (QED) is 0.894. The van der Waals surface area contributed by atoms with Crippen LogP contribution in [0.5, 0.6) is 0 Å². The summed E-state index contributed by atoms with van der Waals surface area (Å²) >= 11 is 0. The van der Waals surface area contributed by atoms with Crippen LogP contribution in [-0.4, -0.2) is 16.7 Å². The zero-order valence-electron chi connectivity index (χ0n) is 11.5. The van der Waals surface area contributed by atoms with Gasteiger partial charge in [-0.3, -0.25) is 9.78 Å². The molecule has 1 fully saturated rings. The van der Waals surface area contributed by atoms with Crippen LogP contribution in [0.15, 0.2) is 33.7 Å². The molecule has 2 aromatic rings. The fraction of sp³-hybridized carbons (Fsp3) is 0.429. The van der Waals surface area contributed by atoms with Gasteiger partial charge in [-0.15, -0.1) is 0 Å². The molecule has 0 bridgehead atoms. The molecular weight excluding hydrogens is 299 g/mol. The Balaban J connectivity index is 1.76. The van der Waals surface area contributed by atoms with Crippen molar-refractivity contribution in [2.75, 3.05) is 6.54 Å². The minimum atomic E-state index is -4.43. The summed E-state index contributed by atoms with van der Waals surface area (Å²) in [5.74, 6) is 0.629. The first-order valence-electron chi connectivity index (χ1n) is 6.88. The van der Waals surface area contributed by atoms with E-state index >= 15 is 0 Å². The number of rotatable bonds is 2. The molecule has 3 heterocycles. The summed E-state index contributed by atoms with van der Waals surface area (Å²) in [4.78, 5) is 14.6. The van der Waals surface area contributed by atoms with E-state index in [1.54, 1.807) is 0 Å². The van der Waals surface area contributed by atoms with Gasteiger partial charge < -0.3 is 9.84 Å². The average Bonchev–Trinajstić information content (AvgIpc) is 2.93. The maximum Gasteiger partial charge on any atom is 0.433 e. The third-order valence-electron chi connectivity index (χ3n) is 3.83. The normalized spacial score (nSPS) is 22.7. The molecule has 0 unspecified atom stereocenters. The van der Waals surface area contributed by atoms with Crippen molar-refractivity contribution < 1.29 is 17.7 Å². The monoisotopic (exact) mass is 313 g/mol. The molecule has 0 aliphatic carbocycles. The van der Waals surface area contributed by atoms with Gasteiger partial charge in [0.05, 0.1) is 0 Å². The molecular formula is C14H14F3N3O2. The summed E-state index contributed by atoms with van der Waals surface area (Å²) in [6.45, 7) is 0.686. The molecule has 8 heteroatoms. The second kappa shape index (κ2) is 5.60. The minimum Gasteiger partial charge on any atom is -0.383 e. The first kappa shape index (κ1) is 14.8. The molecule has 0 radical (unpaired) electrons. The van der Waals surface area contributed by atoms with Crippen molar-refractivity contribution in [3.63, 3.8) is 0 Å². The number of aromatic nitrogens is 2. The zero-order chi connectivity index (χ0) is 15.7. The van der Waals surface area contributed by atoms with E-state index in [4.69, 9.17) is 4.52 Å². The maximum atomic E-state index is 12.5. The van der Waals surface area contributed by atoms with Crippen LogP contribution < -0.4 is 10.9 Å². The van der Waals surface area contributed by atoms with Crippen LogP contribution in [0.25, 0.3) is 0 Å². The smallest absolute Gasteiger partial charge is 0.383 e. The van der Waals surface area contributed by atoms with Gasteiger partial charge in [-0.25, -0.2) is 0 Å². The van der Waals surface area contributed by atoms with Gasteiger partial charge >= 0.3 is 6.18 Å². The predicted octanol–water partition coefficient (Wildman–Crippen LogP) is 2.59.